The van der Waals surface area contributed by atoms with Crippen molar-refractivity contribution in [1.29, 1.82) is 5.26 Å². The Hall–Kier alpha value is -4.07. The Morgan fingerprint density at radius 3 is 2.88 bits per heavy atom. The number of nitriles is 1. The van der Waals surface area contributed by atoms with Crippen LogP contribution in [0.4, 0.5) is 4.39 Å². The fourth-order valence-corrected chi connectivity index (χ4v) is 3.71. The summed E-state index contributed by atoms with van der Waals surface area (Å²) < 4.78 is 16.0. The molecule has 1 aliphatic heterocycles. The highest BCUT2D eigenvalue weighted by atomic mass is 19.1. The second-order valence-corrected chi connectivity index (χ2v) is 8.08. The minimum Gasteiger partial charge on any atom is -0.344 e. The molecule has 11 heteroatoms. The zero-order valence-electron chi connectivity index (χ0n) is 18.3. The fourth-order valence-electron chi connectivity index (χ4n) is 3.71. The van der Waals surface area contributed by atoms with E-state index < -0.39 is 23.5 Å². The molecule has 10 nitrogen and oxygen atoms in total. The maximum Gasteiger partial charge on any atom is 0.256 e. The zero-order chi connectivity index (χ0) is 23.8. The molecule has 1 saturated heterocycles. The SMILES string of the molecule is C=C(C)[C@@H](NC(=O)c1c[nH]c2ncc(-c3cnn(CC)c3)nc12)C(=O)N1CCC(F)(C#N)C1. The van der Waals surface area contributed by atoms with Crippen LogP contribution in [0.3, 0.4) is 0 Å². The highest BCUT2D eigenvalue weighted by Crippen LogP contribution is 2.26. The van der Waals surface area contributed by atoms with Crippen LogP contribution < -0.4 is 5.32 Å². The summed E-state index contributed by atoms with van der Waals surface area (Å²) in [5, 5.41) is 15.9. The zero-order valence-corrected chi connectivity index (χ0v) is 18.3. The molecule has 2 amide bonds. The first-order valence-corrected chi connectivity index (χ1v) is 10.5. The van der Waals surface area contributed by atoms with Crippen molar-refractivity contribution >= 4 is 23.0 Å². The Morgan fingerprint density at radius 1 is 1.45 bits per heavy atom. The lowest BCUT2D eigenvalue weighted by atomic mass is 10.1. The first-order valence-electron chi connectivity index (χ1n) is 10.5. The van der Waals surface area contributed by atoms with Crippen molar-refractivity contribution in [2.45, 2.75) is 38.5 Å². The molecule has 0 radical (unpaired) electrons. The van der Waals surface area contributed by atoms with Crippen LogP contribution in [-0.4, -0.2) is 66.2 Å². The molecule has 1 aliphatic rings. The number of nitrogens with zero attached hydrogens (tertiary/aromatic N) is 6. The number of nitrogens with one attached hydrogen (secondary N) is 2. The summed E-state index contributed by atoms with van der Waals surface area (Å²) >= 11 is 0. The van der Waals surface area contributed by atoms with E-state index in [-0.39, 0.29) is 25.1 Å². The molecule has 0 bridgehead atoms. The average molecular weight is 450 g/mol. The molecular weight excluding hydrogens is 427 g/mol. The maximum absolute atomic E-state index is 14.3. The topological polar surface area (TPSA) is 133 Å². The van der Waals surface area contributed by atoms with Crippen LogP contribution in [-0.2, 0) is 11.3 Å². The number of aryl methyl sites for hydroxylation is 1. The summed E-state index contributed by atoms with van der Waals surface area (Å²) in [6, 6.07) is 0.538. The van der Waals surface area contributed by atoms with Gasteiger partial charge >= 0.3 is 0 Å². The van der Waals surface area contributed by atoms with Crippen molar-refractivity contribution in [2.75, 3.05) is 13.1 Å². The first-order chi connectivity index (χ1) is 15.7. The van der Waals surface area contributed by atoms with Crippen molar-refractivity contribution in [3.63, 3.8) is 0 Å². The van der Waals surface area contributed by atoms with Crippen molar-refractivity contribution in [3.8, 4) is 17.3 Å². The minimum atomic E-state index is -2.08. The summed E-state index contributed by atoms with van der Waals surface area (Å²) in [5.41, 5.74) is 0.593. The number of amides is 2. The van der Waals surface area contributed by atoms with Crippen molar-refractivity contribution < 1.29 is 14.0 Å². The second kappa shape index (κ2) is 8.46. The minimum absolute atomic E-state index is 0.0679. The number of aromatic amines is 1. The van der Waals surface area contributed by atoms with E-state index in [0.717, 1.165) is 5.56 Å². The van der Waals surface area contributed by atoms with Gasteiger partial charge in [-0.2, -0.15) is 10.4 Å². The monoisotopic (exact) mass is 450 g/mol. The maximum atomic E-state index is 14.3. The number of rotatable bonds is 6. The first kappa shape index (κ1) is 22.1. The Balaban J connectivity index is 1.58. The van der Waals surface area contributed by atoms with Gasteiger partial charge in [-0.3, -0.25) is 14.3 Å². The normalized spacial score (nSPS) is 18.8. The smallest absolute Gasteiger partial charge is 0.256 e. The molecule has 0 spiro atoms. The Kier molecular flexibility index (Phi) is 5.68. The molecule has 3 aromatic heterocycles. The molecule has 4 rings (SSSR count). The van der Waals surface area contributed by atoms with Crippen molar-refractivity contribution in [1.82, 2.24) is 34.9 Å². The average Bonchev–Trinajstić information content (AvgIpc) is 3.54. The largest absolute Gasteiger partial charge is 0.344 e. The van der Waals surface area contributed by atoms with Gasteiger partial charge in [0, 0.05) is 37.5 Å². The summed E-state index contributed by atoms with van der Waals surface area (Å²) in [5.74, 6) is -1.06. The van der Waals surface area contributed by atoms with Crippen LogP contribution in [0.1, 0.15) is 30.6 Å². The lowest BCUT2D eigenvalue weighted by Gasteiger charge is -2.24. The van der Waals surface area contributed by atoms with Gasteiger partial charge < -0.3 is 15.2 Å². The number of hydrogen-bond donors (Lipinski definition) is 2. The van der Waals surface area contributed by atoms with E-state index in [1.54, 1.807) is 30.1 Å². The van der Waals surface area contributed by atoms with Gasteiger partial charge in [-0.1, -0.05) is 6.58 Å². The molecule has 170 valence electrons. The summed E-state index contributed by atoms with van der Waals surface area (Å²) in [4.78, 5) is 39.1. The van der Waals surface area contributed by atoms with Gasteiger partial charge in [0.05, 0.1) is 30.2 Å². The summed E-state index contributed by atoms with van der Waals surface area (Å²) in [7, 11) is 0. The lowest BCUT2D eigenvalue weighted by Crippen LogP contribution is -2.49. The van der Waals surface area contributed by atoms with Crippen LogP contribution in [0.25, 0.3) is 22.4 Å². The summed E-state index contributed by atoms with van der Waals surface area (Å²) in [6.07, 6.45) is 6.49. The van der Waals surface area contributed by atoms with Crippen LogP contribution in [0.15, 0.2) is 36.9 Å². The van der Waals surface area contributed by atoms with Crippen LogP contribution >= 0.6 is 0 Å². The van der Waals surface area contributed by atoms with E-state index in [4.69, 9.17) is 5.26 Å². The third-order valence-electron chi connectivity index (χ3n) is 5.63. The fraction of sp³-hybridized carbons (Fsp3) is 0.364. The molecule has 1 unspecified atom stereocenters. The van der Waals surface area contributed by atoms with Gasteiger partial charge in [0.2, 0.25) is 11.6 Å². The quantitative estimate of drug-likeness (QED) is 0.552. The second-order valence-electron chi connectivity index (χ2n) is 8.08. The predicted octanol–water partition coefficient (Wildman–Crippen LogP) is 1.98. The molecule has 33 heavy (non-hydrogen) atoms. The molecule has 0 saturated carbocycles. The van der Waals surface area contributed by atoms with E-state index in [1.807, 2.05) is 13.1 Å². The summed E-state index contributed by atoms with van der Waals surface area (Å²) in [6.45, 7) is 7.83. The van der Waals surface area contributed by atoms with Gasteiger partial charge in [0.25, 0.3) is 5.91 Å². The van der Waals surface area contributed by atoms with Gasteiger partial charge in [0.1, 0.15) is 17.6 Å². The van der Waals surface area contributed by atoms with E-state index in [2.05, 4.69) is 31.9 Å². The van der Waals surface area contributed by atoms with Crippen molar-refractivity contribution in [3.05, 3.63) is 42.5 Å². The Labute approximate surface area is 189 Å². The number of carbonyl (C=O) groups is 2. The number of hydrogen-bond acceptors (Lipinski definition) is 6. The van der Waals surface area contributed by atoms with Crippen molar-refractivity contribution in [2.24, 2.45) is 0 Å². The molecule has 4 heterocycles. The van der Waals surface area contributed by atoms with E-state index in [0.29, 0.717) is 29.0 Å². The molecule has 1 fully saturated rings. The Morgan fingerprint density at radius 2 is 2.24 bits per heavy atom. The van der Waals surface area contributed by atoms with Crippen LogP contribution in [0, 0.1) is 11.3 Å². The van der Waals surface area contributed by atoms with Crippen LogP contribution in [0.2, 0.25) is 0 Å². The number of aromatic nitrogens is 5. The molecule has 0 aromatic carbocycles. The molecular formula is C22H23FN8O2. The van der Waals surface area contributed by atoms with E-state index >= 15 is 0 Å². The lowest BCUT2D eigenvalue weighted by molar-refractivity contribution is -0.131. The molecule has 2 atom stereocenters. The molecule has 2 N–H and O–H groups in total. The highest BCUT2D eigenvalue weighted by molar-refractivity contribution is 6.06. The molecule has 0 aliphatic carbocycles. The number of carbonyl (C=O) groups excluding carboxylic acids is 2. The van der Waals surface area contributed by atoms with E-state index in [9.17, 15) is 14.0 Å². The Bertz CT molecular complexity index is 1290. The number of fused-ring (bicyclic) bond motifs is 1. The van der Waals surface area contributed by atoms with Crippen LogP contribution in [0.5, 0.6) is 0 Å². The van der Waals surface area contributed by atoms with Gasteiger partial charge in [0.15, 0.2) is 5.65 Å². The third-order valence-corrected chi connectivity index (χ3v) is 5.63. The number of halogens is 1. The van der Waals surface area contributed by atoms with Gasteiger partial charge in [-0.15, -0.1) is 0 Å². The van der Waals surface area contributed by atoms with E-state index in [1.165, 1.54) is 11.1 Å². The molecule has 3 aromatic rings. The predicted molar refractivity (Wildman–Crippen MR) is 118 cm³/mol. The standard InChI is InChI=1S/C22H23FN8O2/c1-4-31-10-14(7-27-31)16-9-26-19-18(28-16)15(8-25-19)20(32)29-17(13(2)3)21(33)30-6-5-22(23,11-24)12-30/h7-10,17H,2,4-6,12H2,1,3H3,(H,25,26)(H,29,32)/t17-,22?/m1/s1. The third kappa shape index (κ3) is 4.19. The van der Waals surface area contributed by atoms with Gasteiger partial charge in [-0.05, 0) is 19.4 Å². The number of H-pyrrole nitrogens is 1. The van der Waals surface area contributed by atoms with Gasteiger partial charge in [-0.25, -0.2) is 14.4 Å². The number of alkyl halides is 1. The number of likely N-dealkylation sites (tertiary alicyclic amines) is 1. The highest BCUT2D eigenvalue weighted by Gasteiger charge is 2.42.